The summed E-state index contributed by atoms with van der Waals surface area (Å²) in [6.07, 6.45) is 3.57. The number of nitrogens with zero attached hydrogens (tertiary/aromatic N) is 1. The number of fused-ring (bicyclic) bond motifs is 2. The fourth-order valence-electron chi connectivity index (χ4n) is 3.72. The van der Waals surface area contributed by atoms with Crippen LogP contribution in [-0.2, 0) is 27.8 Å². The van der Waals surface area contributed by atoms with Gasteiger partial charge in [-0.25, -0.2) is 8.42 Å². The first-order valence-electron chi connectivity index (χ1n) is 9.29. The van der Waals surface area contributed by atoms with E-state index in [-0.39, 0.29) is 11.3 Å². The number of amidine groups is 1. The molecular weight excluding hydrogens is 362 g/mol. The van der Waals surface area contributed by atoms with Crippen LogP contribution in [0.5, 0.6) is 0 Å². The first-order chi connectivity index (χ1) is 13.1. The Morgan fingerprint density at radius 1 is 1.04 bits per heavy atom. The zero-order valence-electron chi connectivity index (χ0n) is 14.8. The summed E-state index contributed by atoms with van der Waals surface area (Å²) < 4.78 is 32.6. The molecule has 5 rings (SSSR count). The summed E-state index contributed by atoms with van der Waals surface area (Å²) in [5, 5.41) is 3.16. The van der Waals surface area contributed by atoms with Crippen LogP contribution in [0.15, 0.2) is 47.5 Å². The van der Waals surface area contributed by atoms with Crippen molar-refractivity contribution in [3.05, 3.63) is 59.2 Å². The molecule has 3 aliphatic rings. The van der Waals surface area contributed by atoms with Gasteiger partial charge in [-0.1, -0.05) is 24.3 Å². The van der Waals surface area contributed by atoms with Gasteiger partial charge in [0.2, 0.25) is 10.0 Å². The highest BCUT2D eigenvalue weighted by molar-refractivity contribution is 7.93. The summed E-state index contributed by atoms with van der Waals surface area (Å²) in [6, 6.07) is 14.6. The van der Waals surface area contributed by atoms with Crippen LogP contribution in [0.25, 0.3) is 0 Å². The van der Waals surface area contributed by atoms with E-state index in [9.17, 15) is 8.42 Å². The lowest BCUT2D eigenvalue weighted by Gasteiger charge is -2.22. The fraction of sp³-hybridized carbons (Fsp3) is 0.350. The summed E-state index contributed by atoms with van der Waals surface area (Å²) in [7, 11) is -3.26. The number of hydrogen-bond donors (Lipinski definition) is 2. The number of sulfonamides is 1. The largest absolute Gasteiger partial charge is 0.460 e. The van der Waals surface area contributed by atoms with E-state index in [1.165, 1.54) is 11.1 Å². The number of aliphatic imine (C=N–C) groups is 1. The van der Waals surface area contributed by atoms with Crippen LogP contribution in [-0.4, -0.2) is 19.7 Å². The van der Waals surface area contributed by atoms with E-state index in [4.69, 9.17) is 4.74 Å². The topological polar surface area (TPSA) is 79.8 Å². The van der Waals surface area contributed by atoms with E-state index in [1.807, 2.05) is 6.07 Å². The predicted octanol–water partition coefficient (Wildman–Crippen LogP) is 3.39. The molecule has 1 heterocycles. The van der Waals surface area contributed by atoms with Crippen molar-refractivity contribution < 1.29 is 13.2 Å². The van der Waals surface area contributed by atoms with Crippen LogP contribution < -0.4 is 10.0 Å². The van der Waals surface area contributed by atoms with Crippen LogP contribution in [0.2, 0.25) is 0 Å². The minimum atomic E-state index is -3.26. The number of aryl methyl sites for hydroxylation is 1. The molecule has 1 aliphatic heterocycles. The molecule has 27 heavy (non-hydrogen) atoms. The van der Waals surface area contributed by atoms with Crippen molar-refractivity contribution in [2.75, 3.05) is 4.72 Å². The summed E-state index contributed by atoms with van der Waals surface area (Å²) in [5.41, 5.74) is 4.94. The lowest BCUT2D eigenvalue weighted by molar-refractivity contribution is 0.266. The lowest BCUT2D eigenvalue weighted by atomic mass is 10.1. The van der Waals surface area contributed by atoms with Gasteiger partial charge in [-0.2, -0.15) is 4.99 Å². The first-order valence-corrected chi connectivity index (χ1v) is 10.8. The highest BCUT2D eigenvalue weighted by Crippen LogP contribution is 2.34. The minimum absolute atomic E-state index is 0.214. The standard InChI is InChI=1S/C20H21N3O3S/c24-27(25,16-7-8-16)23-15-6-10-18-14(11-15)12-26-20(21-18)22-19-9-5-13-3-1-2-4-17(13)19/h1-4,6,10-11,16,19,23H,5,7-9,12H2,(H,21,22)/t19-/m1/s1. The van der Waals surface area contributed by atoms with Gasteiger partial charge < -0.3 is 10.1 Å². The normalized spacial score (nSPS) is 20.9. The smallest absolute Gasteiger partial charge is 0.290 e. The van der Waals surface area contributed by atoms with Crippen molar-refractivity contribution in [2.45, 2.75) is 43.6 Å². The van der Waals surface area contributed by atoms with Crippen LogP contribution >= 0.6 is 0 Å². The molecule has 2 aromatic carbocycles. The third-order valence-electron chi connectivity index (χ3n) is 5.32. The zero-order chi connectivity index (χ0) is 18.4. The molecule has 0 unspecified atom stereocenters. The Bertz CT molecular complexity index is 1030. The Morgan fingerprint density at radius 3 is 2.74 bits per heavy atom. The predicted molar refractivity (Wildman–Crippen MR) is 105 cm³/mol. The molecule has 1 saturated carbocycles. The van der Waals surface area contributed by atoms with Gasteiger partial charge in [-0.3, -0.25) is 4.72 Å². The lowest BCUT2D eigenvalue weighted by Crippen LogP contribution is -2.30. The minimum Gasteiger partial charge on any atom is -0.460 e. The maximum atomic E-state index is 12.1. The number of rotatable bonds is 4. The summed E-state index contributed by atoms with van der Waals surface area (Å²) in [4.78, 5) is 4.57. The second kappa shape index (κ2) is 6.27. The molecule has 140 valence electrons. The van der Waals surface area contributed by atoms with E-state index in [0.717, 1.165) is 36.9 Å². The van der Waals surface area contributed by atoms with E-state index in [1.54, 1.807) is 12.1 Å². The zero-order valence-corrected chi connectivity index (χ0v) is 15.6. The second-order valence-corrected chi connectivity index (χ2v) is 9.29. The molecular formula is C20H21N3O3S. The highest BCUT2D eigenvalue weighted by atomic mass is 32.2. The average molecular weight is 383 g/mol. The number of anilines is 1. The molecule has 2 aliphatic carbocycles. The van der Waals surface area contributed by atoms with Gasteiger partial charge in [0.25, 0.3) is 6.02 Å². The maximum absolute atomic E-state index is 12.1. The van der Waals surface area contributed by atoms with Crippen molar-refractivity contribution in [1.29, 1.82) is 0 Å². The van der Waals surface area contributed by atoms with Crippen molar-refractivity contribution in [2.24, 2.45) is 4.99 Å². The van der Waals surface area contributed by atoms with Gasteiger partial charge in [-0.05, 0) is 55.0 Å². The Balaban J connectivity index is 1.33. The van der Waals surface area contributed by atoms with Gasteiger partial charge in [0, 0.05) is 11.3 Å². The molecule has 1 fully saturated rings. The number of nitrogens with one attached hydrogen (secondary N) is 2. The van der Waals surface area contributed by atoms with Crippen molar-refractivity contribution in [3.63, 3.8) is 0 Å². The second-order valence-electron chi connectivity index (χ2n) is 7.33. The third kappa shape index (κ3) is 3.27. The van der Waals surface area contributed by atoms with Crippen LogP contribution in [0, 0.1) is 0 Å². The average Bonchev–Trinajstić information content (AvgIpc) is 3.45. The van der Waals surface area contributed by atoms with Gasteiger partial charge in [-0.15, -0.1) is 0 Å². The van der Waals surface area contributed by atoms with Gasteiger partial charge >= 0.3 is 0 Å². The summed E-state index contributed by atoms with van der Waals surface area (Å²) in [5.74, 6) is 0. The van der Waals surface area contributed by atoms with Crippen molar-refractivity contribution in [3.8, 4) is 0 Å². The molecule has 2 N–H and O–H groups in total. The monoisotopic (exact) mass is 383 g/mol. The maximum Gasteiger partial charge on any atom is 0.290 e. The van der Waals surface area contributed by atoms with Gasteiger partial charge in [0.1, 0.15) is 6.61 Å². The van der Waals surface area contributed by atoms with E-state index in [2.05, 4.69) is 39.3 Å². The quantitative estimate of drug-likeness (QED) is 0.848. The van der Waals surface area contributed by atoms with Gasteiger partial charge in [0.15, 0.2) is 0 Å². The van der Waals surface area contributed by atoms with E-state index >= 15 is 0 Å². The number of hydrogen-bond acceptors (Lipinski definition) is 5. The molecule has 0 radical (unpaired) electrons. The van der Waals surface area contributed by atoms with Crippen LogP contribution in [0.4, 0.5) is 11.4 Å². The van der Waals surface area contributed by atoms with Crippen molar-refractivity contribution in [1.82, 2.24) is 5.32 Å². The summed E-state index contributed by atoms with van der Waals surface area (Å²) >= 11 is 0. The fourth-order valence-corrected chi connectivity index (χ4v) is 5.10. The van der Waals surface area contributed by atoms with Crippen molar-refractivity contribution >= 4 is 27.4 Å². The molecule has 0 amide bonds. The number of ether oxygens (including phenoxy) is 1. The highest BCUT2D eigenvalue weighted by Gasteiger charge is 2.35. The Hall–Kier alpha value is -2.54. The first kappa shape index (κ1) is 16.6. The molecule has 0 saturated heterocycles. The third-order valence-corrected chi connectivity index (χ3v) is 7.19. The Kier molecular flexibility index (Phi) is 3.86. The molecule has 0 spiro atoms. The van der Waals surface area contributed by atoms with Crippen LogP contribution in [0.3, 0.4) is 0 Å². The Morgan fingerprint density at radius 2 is 1.89 bits per heavy atom. The SMILES string of the molecule is O=S(=O)(Nc1ccc2c(c1)COC(N[C@@H]1CCc3ccccc31)=N2)C1CC1. The van der Waals surface area contributed by atoms with E-state index < -0.39 is 10.0 Å². The summed E-state index contributed by atoms with van der Waals surface area (Å²) in [6.45, 7) is 0.370. The molecule has 0 aromatic heterocycles. The molecule has 0 bridgehead atoms. The van der Waals surface area contributed by atoms with Gasteiger partial charge in [0.05, 0.1) is 17.0 Å². The Labute approximate surface area is 158 Å². The van der Waals surface area contributed by atoms with E-state index in [0.29, 0.717) is 18.3 Å². The molecule has 2 aromatic rings. The molecule has 6 nitrogen and oxygen atoms in total. The van der Waals surface area contributed by atoms with Crippen LogP contribution in [0.1, 0.15) is 42.0 Å². The molecule has 1 atom stereocenters. The molecule has 7 heteroatoms. The number of benzene rings is 2.